The van der Waals surface area contributed by atoms with Crippen LogP contribution in [-0.4, -0.2) is 113 Å². The monoisotopic (exact) mass is 432 g/mol. The lowest BCUT2D eigenvalue weighted by molar-refractivity contribution is -0.136. The van der Waals surface area contributed by atoms with Crippen molar-refractivity contribution in [2.45, 2.75) is 38.8 Å². The SMILES string of the molecule is CC[C@@H](N)C(=O)N1CCOCCOCCN(C(=O)[C@@H](N)CC)CCOCCOCC1. The van der Waals surface area contributed by atoms with Crippen molar-refractivity contribution < 1.29 is 28.5 Å². The smallest absolute Gasteiger partial charge is 0.239 e. The van der Waals surface area contributed by atoms with E-state index in [0.29, 0.717) is 91.9 Å². The second-order valence-electron chi connectivity index (χ2n) is 7.13. The van der Waals surface area contributed by atoms with E-state index < -0.39 is 12.1 Å². The van der Waals surface area contributed by atoms with Gasteiger partial charge in [0.25, 0.3) is 0 Å². The van der Waals surface area contributed by atoms with Gasteiger partial charge in [-0.05, 0) is 12.8 Å². The number of rotatable bonds is 4. The van der Waals surface area contributed by atoms with Crippen LogP contribution in [0.25, 0.3) is 0 Å². The van der Waals surface area contributed by atoms with Gasteiger partial charge < -0.3 is 40.2 Å². The summed E-state index contributed by atoms with van der Waals surface area (Å²) in [5, 5.41) is 0. The molecule has 1 aliphatic heterocycles. The fourth-order valence-electron chi connectivity index (χ4n) is 2.83. The molecule has 10 heteroatoms. The van der Waals surface area contributed by atoms with E-state index in [4.69, 9.17) is 30.4 Å². The van der Waals surface area contributed by atoms with E-state index in [9.17, 15) is 9.59 Å². The summed E-state index contributed by atoms with van der Waals surface area (Å²) in [6.07, 6.45) is 1.17. The summed E-state index contributed by atoms with van der Waals surface area (Å²) in [6.45, 7) is 8.76. The molecule has 30 heavy (non-hydrogen) atoms. The number of carbonyl (C=O) groups excluding carboxylic acids is 2. The van der Waals surface area contributed by atoms with E-state index in [0.717, 1.165) is 0 Å². The van der Waals surface area contributed by atoms with Gasteiger partial charge in [0, 0.05) is 26.2 Å². The highest BCUT2D eigenvalue weighted by atomic mass is 16.5. The molecule has 0 saturated carbocycles. The van der Waals surface area contributed by atoms with E-state index in [2.05, 4.69) is 0 Å². The van der Waals surface area contributed by atoms with Crippen LogP contribution in [0, 0.1) is 0 Å². The van der Waals surface area contributed by atoms with Crippen molar-refractivity contribution in [3.8, 4) is 0 Å². The molecule has 0 bridgehead atoms. The molecule has 1 aliphatic rings. The Balaban J connectivity index is 2.53. The number of amides is 2. The van der Waals surface area contributed by atoms with Gasteiger partial charge in [0.05, 0.1) is 64.9 Å². The molecule has 1 fully saturated rings. The molecule has 176 valence electrons. The molecule has 1 saturated heterocycles. The van der Waals surface area contributed by atoms with Crippen LogP contribution in [0.3, 0.4) is 0 Å². The van der Waals surface area contributed by atoms with Crippen LogP contribution in [0.5, 0.6) is 0 Å². The summed E-state index contributed by atoms with van der Waals surface area (Å²) in [7, 11) is 0. The maximum atomic E-state index is 12.4. The van der Waals surface area contributed by atoms with E-state index in [1.165, 1.54) is 0 Å². The number of nitrogens with two attached hydrogens (primary N) is 2. The molecule has 0 aromatic rings. The number of nitrogens with zero attached hydrogens (tertiary/aromatic N) is 2. The Kier molecular flexibility index (Phi) is 14.6. The van der Waals surface area contributed by atoms with E-state index in [1.54, 1.807) is 9.80 Å². The first-order chi connectivity index (χ1) is 14.5. The Morgan fingerprint density at radius 3 is 1.13 bits per heavy atom. The van der Waals surface area contributed by atoms with Gasteiger partial charge in [-0.1, -0.05) is 13.8 Å². The lowest BCUT2D eigenvalue weighted by atomic mass is 10.2. The summed E-state index contributed by atoms with van der Waals surface area (Å²) < 4.78 is 22.3. The molecule has 10 nitrogen and oxygen atoms in total. The minimum atomic E-state index is -0.513. The molecule has 0 aromatic heterocycles. The van der Waals surface area contributed by atoms with Crippen LogP contribution in [0.1, 0.15) is 26.7 Å². The molecule has 2 atom stereocenters. The highest BCUT2D eigenvalue weighted by Crippen LogP contribution is 2.00. The van der Waals surface area contributed by atoms with Crippen molar-refractivity contribution >= 4 is 11.8 Å². The van der Waals surface area contributed by atoms with E-state index in [1.807, 2.05) is 13.8 Å². The third-order valence-corrected chi connectivity index (χ3v) is 4.90. The van der Waals surface area contributed by atoms with Crippen molar-refractivity contribution in [1.82, 2.24) is 9.80 Å². The molecular formula is C20H40N4O6. The molecule has 4 N–H and O–H groups in total. The topological polar surface area (TPSA) is 130 Å². The Morgan fingerprint density at radius 2 is 0.900 bits per heavy atom. The highest BCUT2D eigenvalue weighted by molar-refractivity contribution is 5.82. The summed E-state index contributed by atoms with van der Waals surface area (Å²) >= 11 is 0. The summed E-state index contributed by atoms with van der Waals surface area (Å²) in [5.74, 6) is -0.191. The quantitative estimate of drug-likeness (QED) is 0.591. The van der Waals surface area contributed by atoms with Crippen LogP contribution in [0.2, 0.25) is 0 Å². The first kappa shape index (κ1) is 26.7. The van der Waals surface area contributed by atoms with Crippen molar-refractivity contribution in [2.75, 3.05) is 79.0 Å². The van der Waals surface area contributed by atoms with Gasteiger partial charge in [-0.2, -0.15) is 0 Å². The third kappa shape index (κ3) is 10.6. The lowest BCUT2D eigenvalue weighted by Crippen LogP contribution is -2.46. The maximum Gasteiger partial charge on any atom is 0.239 e. The molecule has 2 amide bonds. The van der Waals surface area contributed by atoms with E-state index >= 15 is 0 Å². The van der Waals surface area contributed by atoms with Crippen molar-refractivity contribution in [1.29, 1.82) is 0 Å². The molecule has 0 aromatic carbocycles. The molecule has 0 radical (unpaired) electrons. The Bertz CT molecular complexity index is 420. The minimum absolute atomic E-state index is 0.0957. The van der Waals surface area contributed by atoms with Gasteiger partial charge in [0.15, 0.2) is 0 Å². The fraction of sp³-hybridized carbons (Fsp3) is 0.900. The lowest BCUT2D eigenvalue weighted by Gasteiger charge is -2.26. The minimum Gasteiger partial charge on any atom is -0.377 e. The van der Waals surface area contributed by atoms with Crippen LogP contribution >= 0.6 is 0 Å². The second kappa shape index (κ2) is 16.4. The van der Waals surface area contributed by atoms with Gasteiger partial charge in [-0.25, -0.2) is 0 Å². The molecule has 1 heterocycles. The Morgan fingerprint density at radius 1 is 0.633 bits per heavy atom. The van der Waals surface area contributed by atoms with Gasteiger partial charge in [-0.15, -0.1) is 0 Å². The normalized spacial score (nSPS) is 21.3. The average Bonchev–Trinajstić information content (AvgIpc) is 2.76. The van der Waals surface area contributed by atoms with Crippen molar-refractivity contribution in [3.05, 3.63) is 0 Å². The largest absolute Gasteiger partial charge is 0.377 e. The molecule has 1 rings (SSSR count). The average molecular weight is 433 g/mol. The van der Waals surface area contributed by atoms with Crippen LogP contribution in [0.4, 0.5) is 0 Å². The van der Waals surface area contributed by atoms with Crippen LogP contribution < -0.4 is 11.5 Å². The summed E-state index contributed by atoms with van der Waals surface area (Å²) in [6, 6.07) is -1.03. The van der Waals surface area contributed by atoms with Crippen LogP contribution in [0.15, 0.2) is 0 Å². The molecule has 0 aliphatic carbocycles. The first-order valence-corrected chi connectivity index (χ1v) is 10.9. The zero-order valence-corrected chi connectivity index (χ0v) is 18.6. The fourth-order valence-corrected chi connectivity index (χ4v) is 2.83. The third-order valence-electron chi connectivity index (χ3n) is 4.90. The standard InChI is InChI=1S/C20H40N4O6/c1-3-17(21)19(25)23-5-9-27-13-15-29-11-7-24(20(26)18(22)4-2)8-12-30-16-14-28-10-6-23/h17-18H,3-16,21-22H2,1-2H3/t17-,18+. The summed E-state index contributed by atoms with van der Waals surface area (Å²) in [4.78, 5) is 28.2. The number of hydrogen-bond donors (Lipinski definition) is 2. The van der Waals surface area contributed by atoms with Gasteiger partial charge in [0.2, 0.25) is 11.8 Å². The van der Waals surface area contributed by atoms with Crippen LogP contribution in [-0.2, 0) is 28.5 Å². The summed E-state index contributed by atoms with van der Waals surface area (Å²) in [5.41, 5.74) is 11.8. The predicted molar refractivity (Wildman–Crippen MR) is 113 cm³/mol. The number of carbonyl (C=O) groups is 2. The Hall–Kier alpha value is -1.30. The van der Waals surface area contributed by atoms with Crippen molar-refractivity contribution in [3.63, 3.8) is 0 Å². The molecule has 0 spiro atoms. The maximum absolute atomic E-state index is 12.4. The van der Waals surface area contributed by atoms with Gasteiger partial charge in [0.1, 0.15) is 0 Å². The highest BCUT2D eigenvalue weighted by Gasteiger charge is 2.20. The molecule has 0 unspecified atom stereocenters. The number of ether oxygens (including phenoxy) is 4. The zero-order valence-electron chi connectivity index (χ0n) is 18.6. The van der Waals surface area contributed by atoms with Gasteiger partial charge in [-0.3, -0.25) is 9.59 Å². The molecular weight excluding hydrogens is 392 g/mol. The van der Waals surface area contributed by atoms with Gasteiger partial charge >= 0.3 is 0 Å². The van der Waals surface area contributed by atoms with E-state index in [-0.39, 0.29) is 11.8 Å². The zero-order chi connectivity index (χ0) is 22.2. The predicted octanol–water partition coefficient (Wildman–Crippen LogP) is -0.802. The first-order valence-electron chi connectivity index (χ1n) is 10.9. The number of hydrogen-bond acceptors (Lipinski definition) is 8. The Labute approximate surface area is 180 Å². The van der Waals surface area contributed by atoms with Crippen molar-refractivity contribution in [2.24, 2.45) is 11.5 Å². The second-order valence-corrected chi connectivity index (χ2v) is 7.13.